The van der Waals surface area contributed by atoms with E-state index in [0.29, 0.717) is 10.8 Å². The van der Waals surface area contributed by atoms with Crippen molar-refractivity contribution in [2.45, 2.75) is 48.0 Å². The van der Waals surface area contributed by atoms with Gasteiger partial charge in [0.25, 0.3) is 0 Å². The molecule has 0 amide bonds. The summed E-state index contributed by atoms with van der Waals surface area (Å²) in [5, 5.41) is 0. The Morgan fingerprint density at radius 1 is 1.00 bits per heavy atom. The largest absolute Gasteiger partial charge is 0.379 e. The summed E-state index contributed by atoms with van der Waals surface area (Å²) in [5.41, 5.74) is 0.815. The lowest BCUT2D eigenvalue weighted by atomic mass is 9.72. The first-order valence-electron chi connectivity index (χ1n) is 6.98. The molecule has 0 aliphatic carbocycles. The normalized spacial score (nSPS) is 21.5. The zero-order valence-electron chi connectivity index (χ0n) is 12.7. The molecule has 17 heavy (non-hydrogen) atoms. The number of ether oxygens (including phenoxy) is 1. The van der Waals surface area contributed by atoms with Crippen LogP contribution in [-0.2, 0) is 4.74 Å². The molecule has 1 rings (SSSR count). The average molecular weight is 241 g/mol. The van der Waals surface area contributed by atoms with E-state index < -0.39 is 0 Å². The van der Waals surface area contributed by atoms with Crippen molar-refractivity contribution < 1.29 is 4.74 Å². The Balaban J connectivity index is 2.57. The predicted molar refractivity (Wildman–Crippen MR) is 74.3 cm³/mol. The van der Waals surface area contributed by atoms with Crippen LogP contribution in [0.5, 0.6) is 0 Å². The molecule has 1 aliphatic rings. The monoisotopic (exact) mass is 241 g/mol. The van der Waals surface area contributed by atoms with Crippen molar-refractivity contribution in [1.29, 1.82) is 0 Å². The third-order valence-corrected chi connectivity index (χ3v) is 3.67. The highest BCUT2D eigenvalue weighted by Crippen LogP contribution is 2.36. The van der Waals surface area contributed by atoms with E-state index in [1.54, 1.807) is 0 Å². The number of hydrogen-bond acceptors (Lipinski definition) is 2. The highest BCUT2D eigenvalue weighted by atomic mass is 16.5. The number of nitrogens with zero attached hydrogens (tertiary/aromatic N) is 1. The zero-order valence-corrected chi connectivity index (χ0v) is 12.7. The third-order valence-electron chi connectivity index (χ3n) is 3.67. The van der Waals surface area contributed by atoms with E-state index in [1.165, 1.54) is 13.0 Å². The molecule has 0 N–H and O–H groups in total. The second-order valence-corrected chi connectivity index (χ2v) is 7.74. The Labute approximate surface area is 108 Å². The molecule has 1 heterocycles. The van der Waals surface area contributed by atoms with Crippen molar-refractivity contribution in [2.75, 3.05) is 32.8 Å². The van der Waals surface area contributed by atoms with Gasteiger partial charge in [-0.1, -0.05) is 41.5 Å². The molecule has 1 saturated heterocycles. The summed E-state index contributed by atoms with van der Waals surface area (Å²) >= 11 is 0. The SMILES string of the molecule is CC(C)(C)C[C@@H](CN1CCOCC1)C(C)(C)C. The minimum atomic E-state index is 0.394. The maximum Gasteiger partial charge on any atom is 0.0594 e. The molecule has 0 spiro atoms. The van der Waals surface area contributed by atoms with Crippen molar-refractivity contribution in [1.82, 2.24) is 4.90 Å². The van der Waals surface area contributed by atoms with Crippen LogP contribution in [0.2, 0.25) is 0 Å². The van der Waals surface area contributed by atoms with E-state index in [-0.39, 0.29) is 0 Å². The molecule has 0 unspecified atom stereocenters. The summed E-state index contributed by atoms with van der Waals surface area (Å²) in [6.45, 7) is 19.5. The second kappa shape index (κ2) is 5.71. The van der Waals surface area contributed by atoms with E-state index in [9.17, 15) is 0 Å². The fraction of sp³-hybridized carbons (Fsp3) is 1.00. The molecular formula is C15H31NO. The highest BCUT2D eigenvalue weighted by molar-refractivity contribution is 4.82. The molecular weight excluding hydrogens is 210 g/mol. The minimum Gasteiger partial charge on any atom is -0.379 e. The number of morpholine rings is 1. The first-order valence-corrected chi connectivity index (χ1v) is 6.98. The van der Waals surface area contributed by atoms with Crippen LogP contribution in [0.3, 0.4) is 0 Å². The van der Waals surface area contributed by atoms with Gasteiger partial charge in [0, 0.05) is 19.6 Å². The van der Waals surface area contributed by atoms with Crippen LogP contribution in [0.4, 0.5) is 0 Å². The lowest BCUT2D eigenvalue weighted by Crippen LogP contribution is -2.43. The summed E-state index contributed by atoms with van der Waals surface area (Å²) in [6.07, 6.45) is 1.30. The molecule has 0 aromatic heterocycles. The van der Waals surface area contributed by atoms with Gasteiger partial charge in [0.2, 0.25) is 0 Å². The average Bonchev–Trinajstić information content (AvgIpc) is 2.15. The van der Waals surface area contributed by atoms with Crippen molar-refractivity contribution in [2.24, 2.45) is 16.7 Å². The van der Waals surface area contributed by atoms with Gasteiger partial charge in [-0.15, -0.1) is 0 Å². The minimum absolute atomic E-state index is 0.394. The van der Waals surface area contributed by atoms with Gasteiger partial charge in [-0.3, -0.25) is 4.90 Å². The lowest BCUT2D eigenvalue weighted by molar-refractivity contribution is 0.0136. The number of rotatable bonds is 3. The molecule has 0 aromatic rings. The van der Waals surface area contributed by atoms with Gasteiger partial charge in [0.1, 0.15) is 0 Å². The van der Waals surface area contributed by atoms with Crippen molar-refractivity contribution >= 4 is 0 Å². The van der Waals surface area contributed by atoms with Crippen LogP contribution in [0, 0.1) is 16.7 Å². The lowest BCUT2D eigenvalue weighted by Gasteiger charge is -2.40. The summed E-state index contributed by atoms with van der Waals surface area (Å²) in [6, 6.07) is 0. The van der Waals surface area contributed by atoms with Gasteiger partial charge in [0.15, 0.2) is 0 Å². The number of hydrogen-bond donors (Lipinski definition) is 0. The Morgan fingerprint density at radius 3 is 1.94 bits per heavy atom. The second-order valence-electron chi connectivity index (χ2n) is 7.74. The molecule has 2 heteroatoms. The van der Waals surface area contributed by atoms with Gasteiger partial charge in [0.05, 0.1) is 13.2 Å². The molecule has 102 valence electrons. The van der Waals surface area contributed by atoms with E-state index in [1.807, 2.05) is 0 Å². The van der Waals surface area contributed by atoms with E-state index in [4.69, 9.17) is 4.74 Å². The summed E-state index contributed by atoms with van der Waals surface area (Å²) in [7, 11) is 0. The van der Waals surface area contributed by atoms with Crippen LogP contribution in [-0.4, -0.2) is 37.7 Å². The topological polar surface area (TPSA) is 12.5 Å². The molecule has 2 nitrogen and oxygen atoms in total. The van der Waals surface area contributed by atoms with E-state index in [2.05, 4.69) is 46.4 Å². The zero-order chi connectivity index (χ0) is 13.1. The maximum atomic E-state index is 5.43. The molecule has 1 fully saturated rings. The predicted octanol–water partition coefficient (Wildman–Crippen LogP) is 3.42. The van der Waals surface area contributed by atoms with Gasteiger partial charge in [-0.2, -0.15) is 0 Å². The van der Waals surface area contributed by atoms with Crippen LogP contribution < -0.4 is 0 Å². The fourth-order valence-corrected chi connectivity index (χ4v) is 2.48. The summed E-state index contributed by atoms with van der Waals surface area (Å²) < 4.78 is 5.43. The summed E-state index contributed by atoms with van der Waals surface area (Å²) in [4.78, 5) is 2.57. The van der Waals surface area contributed by atoms with Gasteiger partial charge in [-0.25, -0.2) is 0 Å². The van der Waals surface area contributed by atoms with Gasteiger partial charge in [-0.05, 0) is 23.2 Å². The Kier molecular flexibility index (Phi) is 5.03. The van der Waals surface area contributed by atoms with E-state index in [0.717, 1.165) is 32.2 Å². The Morgan fingerprint density at radius 2 is 1.53 bits per heavy atom. The van der Waals surface area contributed by atoms with Crippen LogP contribution >= 0.6 is 0 Å². The molecule has 0 bridgehead atoms. The first-order chi connectivity index (χ1) is 7.68. The standard InChI is InChI=1S/C15H31NO/c1-14(2,3)11-13(15(4,5)6)12-16-7-9-17-10-8-16/h13H,7-12H2,1-6H3/t13-/m0/s1. The van der Waals surface area contributed by atoms with Gasteiger partial charge < -0.3 is 4.74 Å². The summed E-state index contributed by atoms with van der Waals surface area (Å²) in [5.74, 6) is 0.764. The molecule has 0 aromatic carbocycles. The van der Waals surface area contributed by atoms with E-state index >= 15 is 0 Å². The van der Waals surface area contributed by atoms with Crippen LogP contribution in [0.1, 0.15) is 48.0 Å². The Bertz CT molecular complexity index is 218. The van der Waals surface area contributed by atoms with Crippen LogP contribution in [0.25, 0.3) is 0 Å². The maximum absolute atomic E-state index is 5.43. The first kappa shape index (κ1) is 15.0. The smallest absolute Gasteiger partial charge is 0.0594 e. The molecule has 0 radical (unpaired) electrons. The molecule has 0 saturated carbocycles. The molecule has 1 aliphatic heterocycles. The van der Waals surface area contributed by atoms with Crippen molar-refractivity contribution in [3.05, 3.63) is 0 Å². The third kappa shape index (κ3) is 5.87. The van der Waals surface area contributed by atoms with Crippen molar-refractivity contribution in [3.63, 3.8) is 0 Å². The highest BCUT2D eigenvalue weighted by Gasteiger charge is 2.30. The fourth-order valence-electron chi connectivity index (χ4n) is 2.48. The van der Waals surface area contributed by atoms with Crippen molar-refractivity contribution in [3.8, 4) is 0 Å². The van der Waals surface area contributed by atoms with Crippen LogP contribution in [0.15, 0.2) is 0 Å². The molecule has 1 atom stereocenters. The Hall–Kier alpha value is -0.0800. The van der Waals surface area contributed by atoms with Gasteiger partial charge >= 0.3 is 0 Å². The quantitative estimate of drug-likeness (QED) is 0.751.